The summed E-state index contributed by atoms with van der Waals surface area (Å²) in [5.41, 5.74) is 1.66. The van der Waals surface area contributed by atoms with E-state index in [1.165, 1.54) is 0 Å². The van der Waals surface area contributed by atoms with Gasteiger partial charge in [0.2, 0.25) is 24.6 Å². The molecule has 0 saturated carbocycles. The molecule has 0 bridgehead atoms. The predicted molar refractivity (Wildman–Crippen MR) is 114 cm³/mol. The van der Waals surface area contributed by atoms with Crippen molar-refractivity contribution in [3.05, 3.63) is 78.1 Å². The minimum atomic E-state index is -1.29. The van der Waals surface area contributed by atoms with Gasteiger partial charge < -0.3 is 14.8 Å². The number of pyridine rings is 1. The van der Waals surface area contributed by atoms with Gasteiger partial charge in [-0.25, -0.2) is 0 Å². The molecule has 0 aliphatic carbocycles. The Morgan fingerprint density at radius 3 is 2.68 bits per heavy atom. The van der Waals surface area contributed by atoms with E-state index in [2.05, 4.69) is 5.32 Å². The Bertz CT molecular complexity index is 1210. The number of benzene rings is 2. The molecule has 3 heterocycles. The average molecular weight is 416 g/mol. The molecule has 1 aromatic heterocycles. The fourth-order valence-electron chi connectivity index (χ4n) is 4.24. The fraction of sp³-hybridized carbons (Fsp3) is 0.208. The highest BCUT2D eigenvalue weighted by atomic mass is 16.7. The zero-order valence-corrected chi connectivity index (χ0v) is 17.3. The topological polar surface area (TPSA) is 71.8 Å². The van der Waals surface area contributed by atoms with Gasteiger partial charge in [-0.05, 0) is 37.6 Å². The van der Waals surface area contributed by atoms with Crippen molar-refractivity contribution in [2.75, 3.05) is 17.0 Å². The number of rotatable bonds is 3. The van der Waals surface area contributed by atoms with Crippen LogP contribution in [0, 0.1) is 6.92 Å². The van der Waals surface area contributed by atoms with E-state index >= 15 is 0 Å². The normalized spacial score (nSPS) is 19.2. The van der Waals surface area contributed by atoms with Crippen LogP contribution in [0.3, 0.4) is 0 Å². The Morgan fingerprint density at radius 2 is 1.84 bits per heavy atom. The van der Waals surface area contributed by atoms with Crippen molar-refractivity contribution in [1.82, 2.24) is 0 Å². The number of aryl methyl sites for hydroxylation is 1. The van der Waals surface area contributed by atoms with Crippen LogP contribution < -0.4 is 24.3 Å². The smallest absolute Gasteiger partial charge is 0.294 e. The van der Waals surface area contributed by atoms with E-state index in [4.69, 9.17) is 9.47 Å². The first kappa shape index (κ1) is 19.1. The number of hydrogen-bond acceptors (Lipinski definition) is 4. The summed E-state index contributed by atoms with van der Waals surface area (Å²) in [7, 11) is 0. The maximum absolute atomic E-state index is 13.8. The lowest BCUT2D eigenvalue weighted by Gasteiger charge is -2.40. The maximum atomic E-state index is 13.8. The summed E-state index contributed by atoms with van der Waals surface area (Å²) in [6.07, 6.45) is 1.82. The summed E-state index contributed by atoms with van der Waals surface area (Å²) in [4.78, 5) is 28.7. The number of para-hydroxylation sites is 1. The lowest BCUT2D eigenvalue weighted by Crippen LogP contribution is -2.67. The van der Waals surface area contributed by atoms with Crippen LogP contribution in [0.15, 0.2) is 66.9 Å². The lowest BCUT2D eigenvalue weighted by atomic mass is 9.89. The summed E-state index contributed by atoms with van der Waals surface area (Å²) in [6, 6.07) is 18.5. The van der Waals surface area contributed by atoms with E-state index < -0.39 is 5.54 Å². The second-order valence-electron chi connectivity index (χ2n) is 7.82. The molecule has 1 atom stereocenters. The van der Waals surface area contributed by atoms with E-state index in [0.29, 0.717) is 22.9 Å². The number of anilines is 2. The quantitative estimate of drug-likeness (QED) is 0.667. The third-order valence-electron chi connectivity index (χ3n) is 5.89. The van der Waals surface area contributed by atoms with Crippen molar-refractivity contribution in [3.8, 4) is 11.5 Å². The van der Waals surface area contributed by atoms with Crippen LogP contribution in [0.4, 0.5) is 11.4 Å². The minimum Gasteiger partial charge on any atom is -0.454 e. The number of aromatic nitrogens is 1. The molecule has 2 aromatic carbocycles. The highest BCUT2D eigenvalue weighted by molar-refractivity contribution is 6.08. The van der Waals surface area contributed by atoms with Gasteiger partial charge in [0.05, 0.1) is 0 Å². The minimum absolute atomic E-state index is 0.135. The van der Waals surface area contributed by atoms with E-state index in [9.17, 15) is 9.59 Å². The van der Waals surface area contributed by atoms with Crippen molar-refractivity contribution < 1.29 is 23.6 Å². The van der Waals surface area contributed by atoms with Crippen LogP contribution in [-0.2, 0) is 21.7 Å². The number of fused-ring (bicyclic) bond motifs is 2. The Kier molecular flexibility index (Phi) is 4.39. The number of nitrogens with one attached hydrogen (secondary N) is 1. The lowest BCUT2D eigenvalue weighted by molar-refractivity contribution is -0.697. The van der Waals surface area contributed by atoms with E-state index in [0.717, 1.165) is 11.3 Å². The van der Waals surface area contributed by atoms with Gasteiger partial charge in [0.25, 0.3) is 11.8 Å². The highest BCUT2D eigenvalue weighted by Gasteiger charge is 2.54. The van der Waals surface area contributed by atoms with Crippen molar-refractivity contribution >= 4 is 23.2 Å². The van der Waals surface area contributed by atoms with Gasteiger partial charge in [-0.15, -0.1) is 0 Å². The molecule has 0 radical (unpaired) electrons. The summed E-state index contributed by atoms with van der Waals surface area (Å²) >= 11 is 0. The zero-order chi connectivity index (χ0) is 21.6. The first-order chi connectivity index (χ1) is 15.0. The number of hydrogen-bond donors (Lipinski definition) is 1. The molecule has 0 saturated heterocycles. The summed E-state index contributed by atoms with van der Waals surface area (Å²) in [6.45, 7) is 3.98. The first-order valence-corrected chi connectivity index (χ1v) is 10.1. The van der Waals surface area contributed by atoms with E-state index in [1.54, 1.807) is 30.0 Å². The summed E-state index contributed by atoms with van der Waals surface area (Å²) in [5, 5.41) is 3.03. The molecule has 1 unspecified atom stereocenters. The van der Waals surface area contributed by atoms with E-state index in [1.807, 2.05) is 60.2 Å². The molecule has 7 nitrogen and oxygen atoms in total. The molecule has 2 aliphatic heterocycles. The van der Waals surface area contributed by atoms with Gasteiger partial charge in [-0.3, -0.25) is 14.5 Å². The van der Waals surface area contributed by atoms with Gasteiger partial charge in [0, 0.05) is 29.6 Å². The Morgan fingerprint density at radius 1 is 1.06 bits per heavy atom. The molecule has 3 aromatic rings. The number of nitrogens with zero attached hydrogens (tertiary/aromatic N) is 2. The van der Waals surface area contributed by atoms with Crippen molar-refractivity contribution in [1.29, 1.82) is 0 Å². The maximum Gasteiger partial charge on any atom is 0.294 e. The third kappa shape index (κ3) is 3.01. The molecule has 0 fully saturated rings. The highest BCUT2D eigenvalue weighted by Crippen LogP contribution is 2.41. The summed E-state index contributed by atoms with van der Waals surface area (Å²) in [5.74, 6) is 0.685. The fourth-order valence-corrected chi connectivity index (χ4v) is 4.24. The standard InChI is InChI=1S/C24H21N3O4/c1-16-7-3-4-8-18(16)25-23(29)24(2)21-9-5-6-12-26(21)14-22(28)27(24)17-10-11-19-20(13-17)31-15-30-19/h3-13H,14-15H2,1-2H3/p+1. The monoisotopic (exact) mass is 416 g/mol. The van der Waals surface area contributed by atoms with Crippen LogP contribution in [0.2, 0.25) is 0 Å². The molecule has 0 spiro atoms. The van der Waals surface area contributed by atoms with Crippen LogP contribution >= 0.6 is 0 Å². The molecular formula is C24H22N3O4+. The second kappa shape index (κ2) is 7.12. The molecule has 31 heavy (non-hydrogen) atoms. The second-order valence-corrected chi connectivity index (χ2v) is 7.82. The number of carbonyl (C=O) groups excluding carboxylic acids is 2. The first-order valence-electron chi connectivity index (χ1n) is 10.1. The van der Waals surface area contributed by atoms with Gasteiger partial charge in [-0.2, -0.15) is 4.57 Å². The zero-order valence-electron chi connectivity index (χ0n) is 17.3. The van der Waals surface area contributed by atoms with Crippen LogP contribution in [0.1, 0.15) is 18.2 Å². The van der Waals surface area contributed by atoms with Crippen molar-refractivity contribution in [2.24, 2.45) is 0 Å². The van der Waals surface area contributed by atoms with Crippen molar-refractivity contribution in [2.45, 2.75) is 25.9 Å². The summed E-state index contributed by atoms with van der Waals surface area (Å²) < 4.78 is 12.7. The largest absolute Gasteiger partial charge is 0.454 e. The van der Waals surface area contributed by atoms with Gasteiger partial charge >= 0.3 is 0 Å². The average Bonchev–Trinajstić information content (AvgIpc) is 3.23. The van der Waals surface area contributed by atoms with Crippen molar-refractivity contribution in [3.63, 3.8) is 0 Å². The number of carbonyl (C=O) groups is 2. The Balaban J connectivity index is 1.64. The van der Waals surface area contributed by atoms with E-state index in [-0.39, 0.29) is 25.2 Å². The van der Waals surface area contributed by atoms with Gasteiger partial charge in [-0.1, -0.05) is 24.3 Å². The third-order valence-corrected chi connectivity index (χ3v) is 5.89. The number of amides is 2. The molecule has 2 aliphatic rings. The number of ether oxygens (including phenoxy) is 2. The van der Waals surface area contributed by atoms with Crippen LogP contribution in [0.5, 0.6) is 11.5 Å². The molecule has 1 N–H and O–H groups in total. The van der Waals surface area contributed by atoms with Crippen LogP contribution in [0.25, 0.3) is 0 Å². The van der Waals surface area contributed by atoms with Gasteiger partial charge in [0.15, 0.2) is 17.7 Å². The molecule has 2 amide bonds. The predicted octanol–water partition coefficient (Wildman–Crippen LogP) is 2.91. The van der Waals surface area contributed by atoms with Crippen LogP contribution in [-0.4, -0.2) is 18.6 Å². The van der Waals surface area contributed by atoms with Gasteiger partial charge in [0.1, 0.15) is 0 Å². The molecule has 7 heteroatoms. The molecule has 156 valence electrons. The SMILES string of the molecule is Cc1ccccc1NC(=O)C1(C)c2cccc[n+]2CC(=O)N1c1ccc2c(c1)OCO2. The molecular weight excluding hydrogens is 394 g/mol. The molecule has 5 rings (SSSR count). The Labute approximate surface area is 179 Å². The Hall–Kier alpha value is -3.87.